The number of aryl methyl sites for hydroxylation is 2. The Morgan fingerprint density at radius 1 is 1.00 bits per heavy atom. The molecule has 2 aliphatic rings. The standard InChI is InChI=1S/C32H44N4O/c1-2-27-15-9-16-29-30(32(37)34-21-25-11-5-3-6-12-25)24-36(31(27)29)19-10-18-33-28-17-20-35(23-28)22-26-13-7-4-8-14-26/h3,5-6,9,11-12,15-16,24,26,28,33H,2,4,7-8,10,13-14,17-23H2,1H3,(H,34,37). The number of amides is 1. The Labute approximate surface area is 222 Å². The van der Waals surface area contributed by atoms with Crippen LogP contribution in [-0.2, 0) is 19.5 Å². The third-order valence-electron chi connectivity index (χ3n) is 8.43. The predicted molar refractivity (Wildman–Crippen MR) is 153 cm³/mol. The average Bonchev–Trinajstić information content (AvgIpc) is 3.55. The molecule has 2 heterocycles. The predicted octanol–water partition coefficient (Wildman–Crippen LogP) is 5.77. The highest BCUT2D eigenvalue weighted by molar-refractivity contribution is 6.07. The first-order chi connectivity index (χ1) is 18.2. The zero-order valence-corrected chi connectivity index (χ0v) is 22.6. The fourth-order valence-corrected chi connectivity index (χ4v) is 6.41. The van der Waals surface area contributed by atoms with Gasteiger partial charge in [0.25, 0.3) is 5.91 Å². The minimum Gasteiger partial charge on any atom is -0.348 e. The summed E-state index contributed by atoms with van der Waals surface area (Å²) in [6.45, 7) is 8.44. The molecule has 2 aromatic carbocycles. The van der Waals surface area contributed by atoms with Crippen LogP contribution in [-0.4, -0.2) is 47.6 Å². The van der Waals surface area contributed by atoms with Gasteiger partial charge in [-0.05, 0) is 62.2 Å². The molecule has 2 fully saturated rings. The number of nitrogens with zero attached hydrogens (tertiary/aromatic N) is 2. The highest BCUT2D eigenvalue weighted by Crippen LogP contribution is 2.27. The van der Waals surface area contributed by atoms with E-state index in [2.05, 4.69) is 51.4 Å². The van der Waals surface area contributed by atoms with Gasteiger partial charge in [0.15, 0.2) is 0 Å². The molecular formula is C32H44N4O. The smallest absolute Gasteiger partial charge is 0.253 e. The third-order valence-corrected chi connectivity index (χ3v) is 8.43. The maximum absolute atomic E-state index is 13.2. The van der Waals surface area contributed by atoms with E-state index in [1.54, 1.807) is 0 Å². The molecule has 1 aromatic heterocycles. The van der Waals surface area contributed by atoms with E-state index in [4.69, 9.17) is 0 Å². The van der Waals surface area contributed by atoms with Crippen molar-refractivity contribution < 1.29 is 4.79 Å². The minimum atomic E-state index is 0.00277. The highest BCUT2D eigenvalue weighted by atomic mass is 16.1. The second-order valence-electron chi connectivity index (χ2n) is 11.1. The SMILES string of the molecule is CCc1cccc2c(C(=O)NCc3ccccc3)cn(CCCNC3CCN(CC4CCCCC4)C3)c12. The average molecular weight is 501 g/mol. The zero-order chi connectivity index (χ0) is 25.5. The van der Waals surface area contributed by atoms with Crippen molar-refractivity contribution in [2.75, 3.05) is 26.2 Å². The molecule has 1 saturated carbocycles. The van der Waals surface area contributed by atoms with Gasteiger partial charge in [0.05, 0.1) is 11.1 Å². The van der Waals surface area contributed by atoms with Crippen molar-refractivity contribution >= 4 is 16.8 Å². The van der Waals surface area contributed by atoms with Crippen LogP contribution in [0.3, 0.4) is 0 Å². The molecule has 0 radical (unpaired) electrons. The topological polar surface area (TPSA) is 49.3 Å². The third kappa shape index (κ3) is 6.63. The van der Waals surface area contributed by atoms with Crippen molar-refractivity contribution in [1.82, 2.24) is 20.1 Å². The molecule has 5 rings (SSSR count). The van der Waals surface area contributed by atoms with Gasteiger partial charge >= 0.3 is 0 Å². The summed E-state index contributed by atoms with van der Waals surface area (Å²) >= 11 is 0. The van der Waals surface area contributed by atoms with E-state index in [9.17, 15) is 4.79 Å². The van der Waals surface area contributed by atoms with E-state index in [-0.39, 0.29) is 5.91 Å². The van der Waals surface area contributed by atoms with Crippen molar-refractivity contribution in [3.63, 3.8) is 0 Å². The molecule has 5 nitrogen and oxygen atoms in total. The van der Waals surface area contributed by atoms with Crippen LogP contribution in [0.25, 0.3) is 10.9 Å². The molecule has 1 unspecified atom stereocenters. The number of fused-ring (bicyclic) bond motifs is 1. The number of para-hydroxylation sites is 1. The molecular weight excluding hydrogens is 456 g/mol. The lowest BCUT2D eigenvalue weighted by molar-refractivity contribution is 0.0952. The lowest BCUT2D eigenvalue weighted by Crippen LogP contribution is -2.35. The Hall–Kier alpha value is -2.63. The Morgan fingerprint density at radius 2 is 1.84 bits per heavy atom. The molecule has 1 aliphatic heterocycles. The molecule has 3 aromatic rings. The monoisotopic (exact) mass is 500 g/mol. The first-order valence-corrected chi connectivity index (χ1v) is 14.6. The summed E-state index contributed by atoms with van der Waals surface area (Å²) in [5, 5.41) is 8.02. The van der Waals surface area contributed by atoms with Gasteiger partial charge in [-0.1, -0.05) is 74.7 Å². The molecule has 1 aliphatic carbocycles. The largest absolute Gasteiger partial charge is 0.348 e. The van der Waals surface area contributed by atoms with Crippen LogP contribution in [0.4, 0.5) is 0 Å². The molecule has 0 bridgehead atoms. The van der Waals surface area contributed by atoms with Crippen LogP contribution in [0, 0.1) is 5.92 Å². The van der Waals surface area contributed by atoms with Crippen molar-refractivity contribution in [3.05, 3.63) is 71.4 Å². The van der Waals surface area contributed by atoms with Crippen molar-refractivity contribution in [1.29, 1.82) is 0 Å². The van der Waals surface area contributed by atoms with Gasteiger partial charge in [-0.25, -0.2) is 0 Å². The van der Waals surface area contributed by atoms with E-state index < -0.39 is 0 Å². The number of rotatable bonds is 11. The maximum atomic E-state index is 13.2. The van der Waals surface area contributed by atoms with Gasteiger partial charge < -0.3 is 20.1 Å². The summed E-state index contributed by atoms with van der Waals surface area (Å²) in [5.41, 5.74) is 4.42. The maximum Gasteiger partial charge on any atom is 0.253 e. The number of hydrogen-bond acceptors (Lipinski definition) is 3. The van der Waals surface area contributed by atoms with E-state index in [1.807, 2.05) is 30.3 Å². The molecule has 1 saturated heterocycles. The fourth-order valence-electron chi connectivity index (χ4n) is 6.41. The van der Waals surface area contributed by atoms with Crippen LogP contribution >= 0.6 is 0 Å². The van der Waals surface area contributed by atoms with Crippen LogP contribution in [0.1, 0.15) is 73.4 Å². The lowest BCUT2D eigenvalue weighted by atomic mass is 9.89. The Balaban J connectivity index is 1.16. The summed E-state index contributed by atoms with van der Waals surface area (Å²) in [4.78, 5) is 15.9. The lowest BCUT2D eigenvalue weighted by Gasteiger charge is -2.26. The normalized spacial score (nSPS) is 19.0. The van der Waals surface area contributed by atoms with Gasteiger partial charge in [-0.15, -0.1) is 0 Å². The van der Waals surface area contributed by atoms with Crippen LogP contribution < -0.4 is 10.6 Å². The quantitative estimate of drug-likeness (QED) is 0.329. The Bertz CT molecular complexity index is 1150. The second kappa shape index (κ2) is 12.7. The highest BCUT2D eigenvalue weighted by Gasteiger charge is 2.25. The van der Waals surface area contributed by atoms with E-state index in [0.717, 1.165) is 48.4 Å². The molecule has 2 N–H and O–H groups in total. The van der Waals surface area contributed by atoms with Crippen molar-refractivity contribution in [2.24, 2.45) is 5.92 Å². The Morgan fingerprint density at radius 3 is 2.65 bits per heavy atom. The first-order valence-electron chi connectivity index (χ1n) is 14.6. The number of hydrogen-bond donors (Lipinski definition) is 2. The van der Waals surface area contributed by atoms with Gasteiger partial charge in [0.2, 0.25) is 0 Å². The van der Waals surface area contributed by atoms with Crippen molar-refractivity contribution in [3.8, 4) is 0 Å². The summed E-state index contributed by atoms with van der Waals surface area (Å²) < 4.78 is 2.32. The van der Waals surface area contributed by atoms with Crippen molar-refractivity contribution in [2.45, 2.75) is 77.4 Å². The van der Waals surface area contributed by atoms with Gasteiger partial charge in [-0.2, -0.15) is 0 Å². The number of carbonyl (C=O) groups is 1. The van der Waals surface area contributed by atoms with Gasteiger partial charge in [0, 0.05) is 43.8 Å². The second-order valence-corrected chi connectivity index (χ2v) is 11.1. The summed E-state index contributed by atoms with van der Waals surface area (Å²) in [6, 6.07) is 17.1. The van der Waals surface area contributed by atoms with E-state index >= 15 is 0 Å². The van der Waals surface area contributed by atoms with Crippen LogP contribution in [0.15, 0.2) is 54.7 Å². The Kier molecular flexibility index (Phi) is 8.96. The van der Waals surface area contributed by atoms with Crippen LogP contribution in [0.5, 0.6) is 0 Å². The minimum absolute atomic E-state index is 0.00277. The fraction of sp³-hybridized carbons (Fsp3) is 0.531. The summed E-state index contributed by atoms with van der Waals surface area (Å²) in [6.07, 6.45) is 12.6. The van der Waals surface area contributed by atoms with E-state index in [0.29, 0.717) is 12.6 Å². The number of benzene rings is 2. The molecule has 1 atom stereocenters. The molecule has 0 spiro atoms. The molecule has 37 heavy (non-hydrogen) atoms. The molecule has 198 valence electrons. The number of likely N-dealkylation sites (tertiary alicyclic amines) is 1. The summed E-state index contributed by atoms with van der Waals surface area (Å²) in [5.74, 6) is 0.935. The van der Waals surface area contributed by atoms with E-state index in [1.165, 1.54) is 69.2 Å². The molecule has 5 heteroatoms. The van der Waals surface area contributed by atoms with Gasteiger partial charge in [0.1, 0.15) is 0 Å². The van der Waals surface area contributed by atoms with Crippen LogP contribution in [0.2, 0.25) is 0 Å². The first kappa shape index (κ1) is 26.0. The summed E-state index contributed by atoms with van der Waals surface area (Å²) in [7, 11) is 0. The molecule has 1 amide bonds. The van der Waals surface area contributed by atoms with Gasteiger partial charge in [-0.3, -0.25) is 4.79 Å². The number of aromatic nitrogens is 1. The number of nitrogens with one attached hydrogen (secondary N) is 2. The number of carbonyl (C=O) groups excluding carboxylic acids is 1. The zero-order valence-electron chi connectivity index (χ0n) is 22.6.